The third-order valence-electron chi connectivity index (χ3n) is 8.84. The molecule has 0 spiro atoms. The van der Waals surface area contributed by atoms with Gasteiger partial charge < -0.3 is 14.5 Å². The van der Waals surface area contributed by atoms with Gasteiger partial charge in [-0.25, -0.2) is 23.1 Å². The molecule has 4 aromatic rings. The van der Waals surface area contributed by atoms with Gasteiger partial charge in [0.1, 0.15) is 12.4 Å². The zero-order valence-electron chi connectivity index (χ0n) is 27.6. The van der Waals surface area contributed by atoms with Crippen LogP contribution in [0.5, 0.6) is 5.88 Å². The molecule has 0 radical (unpaired) electrons. The number of aromatic nitrogens is 3. The Hall–Kier alpha value is -4.51. The largest absolute Gasteiger partial charge is 0.475 e. The van der Waals surface area contributed by atoms with Crippen LogP contribution in [0.1, 0.15) is 60.7 Å². The Bertz CT molecular complexity index is 1860. The van der Waals surface area contributed by atoms with Gasteiger partial charge in [0.05, 0.1) is 16.6 Å². The van der Waals surface area contributed by atoms with Crippen LogP contribution in [-0.4, -0.2) is 59.9 Å². The van der Waals surface area contributed by atoms with Crippen molar-refractivity contribution in [2.24, 2.45) is 11.8 Å². The van der Waals surface area contributed by atoms with E-state index in [1.165, 1.54) is 12.1 Å². The lowest BCUT2D eigenvalue weighted by Gasteiger charge is -2.33. The Morgan fingerprint density at radius 3 is 2.47 bits per heavy atom. The number of nitrogens with one attached hydrogen (secondary N) is 1. The van der Waals surface area contributed by atoms with Crippen LogP contribution >= 0.6 is 0 Å². The molecule has 10 nitrogen and oxygen atoms in total. The minimum absolute atomic E-state index is 0.0580. The molecule has 1 amide bonds. The molecule has 2 atom stereocenters. The number of amides is 1. The van der Waals surface area contributed by atoms with Crippen molar-refractivity contribution in [3.63, 3.8) is 0 Å². The van der Waals surface area contributed by atoms with E-state index in [1.54, 1.807) is 23.1 Å². The fraction of sp³-hybridized carbons (Fsp3) is 0.389. The lowest BCUT2D eigenvalue weighted by atomic mass is 10.00. The number of aryl methyl sites for hydroxylation is 2. The number of hydrogen-bond donors (Lipinski definition) is 1. The van der Waals surface area contributed by atoms with Gasteiger partial charge >= 0.3 is 0 Å². The van der Waals surface area contributed by atoms with Crippen molar-refractivity contribution in [1.29, 1.82) is 0 Å². The highest BCUT2D eigenvalue weighted by atomic mass is 32.2. The summed E-state index contributed by atoms with van der Waals surface area (Å²) in [4.78, 5) is 32.2. The molecule has 1 fully saturated rings. The maximum absolute atomic E-state index is 14.3. The number of ether oxygens (including phenoxy) is 1. The number of carbonyl (C=O) groups excluding carboxylic acids is 1. The average molecular weight is 655 g/mol. The van der Waals surface area contributed by atoms with Gasteiger partial charge in [0.15, 0.2) is 0 Å². The first-order valence-corrected chi connectivity index (χ1v) is 17.7. The van der Waals surface area contributed by atoms with Crippen molar-refractivity contribution >= 4 is 27.7 Å². The molecule has 2 aliphatic heterocycles. The number of hydrogen-bond acceptors (Lipinski definition) is 8. The van der Waals surface area contributed by atoms with Crippen molar-refractivity contribution in [3.8, 4) is 17.1 Å². The summed E-state index contributed by atoms with van der Waals surface area (Å²) in [5.74, 6) is 1.63. The molecule has 1 N–H and O–H groups in total. The van der Waals surface area contributed by atoms with Gasteiger partial charge in [-0.2, -0.15) is 4.98 Å². The molecule has 4 bridgehead atoms. The summed E-state index contributed by atoms with van der Waals surface area (Å²) >= 11 is 0. The van der Waals surface area contributed by atoms with E-state index in [4.69, 9.17) is 9.72 Å². The Labute approximate surface area is 277 Å². The molecule has 1 saturated heterocycles. The number of sulfonamides is 1. The van der Waals surface area contributed by atoms with Crippen LogP contribution < -0.4 is 14.4 Å². The van der Waals surface area contributed by atoms with Crippen LogP contribution in [0.25, 0.3) is 11.3 Å². The Morgan fingerprint density at radius 1 is 1.02 bits per heavy atom. The Kier molecular flexibility index (Phi) is 9.18. The highest BCUT2D eigenvalue weighted by Gasteiger charge is 2.30. The number of fused-ring (bicyclic) bond motifs is 4. The predicted octanol–water partition coefficient (Wildman–Crippen LogP) is 6.25. The summed E-state index contributed by atoms with van der Waals surface area (Å²) in [6.07, 6.45) is 3.63. The summed E-state index contributed by atoms with van der Waals surface area (Å²) in [7, 11) is -4.14. The highest BCUT2D eigenvalue weighted by Crippen LogP contribution is 2.31. The van der Waals surface area contributed by atoms with Gasteiger partial charge in [0.25, 0.3) is 15.9 Å². The molecule has 6 rings (SSSR count). The molecule has 2 aromatic carbocycles. The third-order valence-corrected chi connectivity index (χ3v) is 10.2. The van der Waals surface area contributed by atoms with Gasteiger partial charge in [-0.1, -0.05) is 51.1 Å². The molecule has 0 unspecified atom stereocenters. The smallest absolute Gasteiger partial charge is 0.264 e. The minimum atomic E-state index is -4.14. The average Bonchev–Trinajstić information content (AvgIpc) is 3.47. The molecule has 0 aliphatic carbocycles. The van der Waals surface area contributed by atoms with Crippen LogP contribution in [-0.2, 0) is 16.6 Å². The standard InChI is InChI=1S/C36H42N6O4S/c1-23(2)16-29-22-46-33-18-31(34-25(4)8-6-9-26(34)5)38-36(39-33)40-47(44,45)30-11-7-10-28(17-30)35(43)42(29)21-27-12-13-32(37-19-27)41-15-14-24(3)20-41/h6-13,17-19,23-24,29H,14-16,20-22H2,1-5H3,(H,38,39,40)/t24-,29-/m1/s1. The van der Waals surface area contributed by atoms with E-state index in [2.05, 4.69) is 40.4 Å². The first-order chi connectivity index (χ1) is 22.5. The molecule has 0 saturated carbocycles. The molecular formula is C36H42N6O4S. The number of benzene rings is 2. The number of pyridine rings is 1. The quantitative estimate of drug-likeness (QED) is 0.259. The van der Waals surface area contributed by atoms with Crippen LogP contribution in [0.15, 0.2) is 71.8 Å². The van der Waals surface area contributed by atoms with E-state index in [9.17, 15) is 13.2 Å². The lowest BCUT2D eigenvalue weighted by molar-refractivity contribution is 0.0553. The lowest BCUT2D eigenvalue weighted by Crippen LogP contribution is -2.44. The second-order valence-corrected chi connectivity index (χ2v) is 14.9. The van der Waals surface area contributed by atoms with Gasteiger partial charge in [0.2, 0.25) is 11.8 Å². The SMILES string of the molecule is Cc1cccc(C)c1-c1cc2nc(n1)NS(=O)(=O)c1cccc(c1)C(=O)N(Cc1ccc(N3CC[C@@H](C)C3)nc1)[C@H](CC(C)C)CO2. The molecule has 4 heterocycles. The number of nitrogens with zero attached hydrogens (tertiary/aromatic N) is 5. The van der Waals surface area contributed by atoms with Gasteiger partial charge in [-0.05, 0) is 79.5 Å². The van der Waals surface area contributed by atoms with Crippen molar-refractivity contribution < 1.29 is 17.9 Å². The maximum Gasteiger partial charge on any atom is 0.264 e. The normalized spacial score (nSPS) is 19.4. The Balaban J connectivity index is 1.42. The van der Waals surface area contributed by atoms with Gasteiger partial charge in [0, 0.05) is 43.0 Å². The zero-order valence-corrected chi connectivity index (χ0v) is 28.4. The molecule has 2 aliphatic rings. The molecule has 47 heavy (non-hydrogen) atoms. The van der Waals surface area contributed by atoms with E-state index in [1.807, 2.05) is 50.4 Å². The summed E-state index contributed by atoms with van der Waals surface area (Å²) in [5.41, 5.74) is 4.53. The number of carbonyl (C=O) groups is 1. The van der Waals surface area contributed by atoms with E-state index < -0.39 is 10.0 Å². The second-order valence-electron chi connectivity index (χ2n) is 13.2. The zero-order chi connectivity index (χ0) is 33.3. The first-order valence-electron chi connectivity index (χ1n) is 16.2. The van der Waals surface area contributed by atoms with Crippen LogP contribution in [0, 0.1) is 25.7 Å². The first kappa shape index (κ1) is 32.4. The predicted molar refractivity (Wildman–Crippen MR) is 183 cm³/mol. The van der Waals surface area contributed by atoms with Crippen molar-refractivity contribution in [3.05, 3.63) is 89.1 Å². The third kappa shape index (κ3) is 7.25. The van der Waals surface area contributed by atoms with Gasteiger partial charge in [-0.15, -0.1) is 0 Å². The van der Waals surface area contributed by atoms with E-state index in [-0.39, 0.29) is 53.3 Å². The van der Waals surface area contributed by atoms with Crippen LogP contribution in [0.4, 0.5) is 11.8 Å². The Morgan fingerprint density at radius 2 is 1.79 bits per heavy atom. The number of anilines is 2. The fourth-order valence-electron chi connectivity index (χ4n) is 6.45. The minimum Gasteiger partial charge on any atom is -0.475 e. The summed E-state index contributed by atoms with van der Waals surface area (Å²) in [6, 6.07) is 17.5. The molecule has 246 valence electrons. The van der Waals surface area contributed by atoms with Gasteiger partial charge in [-0.3, -0.25) is 4.79 Å². The number of rotatable bonds is 6. The van der Waals surface area contributed by atoms with Crippen LogP contribution in [0.3, 0.4) is 0 Å². The van der Waals surface area contributed by atoms with E-state index in [0.717, 1.165) is 47.6 Å². The summed E-state index contributed by atoms with van der Waals surface area (Å²) < 4.78 is 36.2. The van der Waals surface area contributed by atoms with Crippen molar-refractivity contribution in [2.75, 3.05) is 29.3 Å². The van der Waals surface area contributed by atoms with Crippen LogP contribution in [0.2, 0.25) is 0 Å². The molecular weight excluding hydrogens is 613 g/mol. The topological polar surface area (TPSA) is 118 Å². The van der Waals surface area contributed by atoms with Crippen molar-refractivity contribution in [1.82, 2.24) is 19.9 Å². The highest BCUT2D eigenvalue weighted by molar-refractivity contribution is 7.92. The monoisotopic (exact) mass is 654 g/mol. The van der Waals surface area contributed by atoms with E-state index >= 15 is 0 Å². The summed E-state index contributed by atoms with van der Waals surface area (Å²) in [5, 5.41) is 0. The maximum atomic E-state index is 14.3. The molecule has 2 aromatic heterocycles. The fourth-order valence-corrected chi connectivity index (χ4v) is 7.44. The van der Waals surface area contributed by atoms with E-state index in [0.29, 0.717) is 18.0 Å². The molecule has 11 heteroatoms. The second kappa shape index (κ2) is 13.3. The van der Waals surface area contributed by atoms with Crippen molar-refractivity contribution in [2.45, 2.75) is 64.9 Å². The summed E-state index contributed by atoms with van der Waals surface area (Å²) in [6.45, 7) is 12.8.